The topological polar surface area (TPSA) is 27.1 Å². The predicted molar refractivity (Wildman–Crippen MR) is 65.9 cm³/mol. The minimum absolute atomic E-state index is 0.749. The van der Waals surface area contributed by atoms with E-state index in [2.05, 4.69) is 9.55 Å². The van der Waals surface area contributed by atoms with Gasteiger partial charge in [0.15, 0.2) is 0 Å². The maximum absolute atomic E-state index is 5.97. The predicted octanol–water partition coefficient (Wildman–Crippen LogP) is 3.12. The number of rotatable bonds is 5. The van der Waals surface area contributed by atoms with E-state index in [9.17, 15) is 0 Å². The first-order valence-corrected chi connectivity index (χ1v) is 5.87. The lowest BCUT2D eigenvalue weighted by Crippen LogP contribution is -2.01. The molecule has 1 heterocycles. The quantitative estimate of drug-likeness (QED) is 0.749. The number of ether oxygens (including phenoxy) is 1. The maximum Gasteiger partial charge on any atom is 0.0958 e. The zero-order valence-electron chi connectivity index (χ0n) is 9.32. The Labute approximate surface area is 100.0 Å². The minimum atomic E-state index is 0.749. The van der Waals surface area contributed by atoms with Crippen LogP contribution >= 0.6 is 11.6 Å². The van der Waals surface area contributed by atoms with Crippen LogP contribution in [0, 0.1) is 0 Å². The standard InChI is InChI=1S/C12H15ClN2O/c1-2-16-7-3-6-15-9-14-11-5-4-10(13)8-12(11)15/h4-5,8-9H,2-3,6-7H2,1H3. The van der Waals surface area contributed by atoms with Crippen LogP contribution in [0.2, 0.25) is 5.02 Å². The molecule has 0 unspecified atom stereocenters. The highest BCUT2D eigenvalue weighted by molar-refractivity contribution is 6.31. The third kappa shape index (κ3) is 2.54. The molecule has 0 aliphatic heterocycles. The molecule has 1 aromatic carbocycles. The number of hydrogen-bond donors (Lipinski definition) is 0. The van der Waals surface area contributed by atoms with Crippen molar-refractivity contribution < 1.29 is 4.74 Å². The molecular weight excluding hydrogens is 224 g/mol. The molecule has 0 fully saturated rings. The summed E-state index contributed by atoms with van der Waals surface area (Å²) in [5.41, 5.74) is 2.07. The van der Waals surface area contributed by atoms with Crippen molar-refractivity contribution in [2.24, 2.45) is 0 Å². The highest BCUT2D eigenvalue weighted by Gasteiger charge is 2.02. The van der Waals surface area contributed by atoms with Gasteiger partial charge in [-0.05, 0) is 31.5 Å². The number of fused-ring (bicyclic) bond motifs is 1. The van der Waals surface area contributed by atoms with E-state index in [1.165, 1.54) is 0 Å². The smallest absolute Gasteiger partial charge is 0.0958 e. The maximum atomic E-state index is 5.97. The van der Waals surface area contributed by atoms with Gasteiger partial charge < -0.3 is 9.30 Å². The number of nitrogens with zero attached hydrogens (tertiary/aromatic N) is 2. The first-order valence-electron chi connectivity index (χ1n) is 5.49. The van der Waals surface area contributed by atoms with Crippen molar-refractivity contribution in [2.75, 3.05) is 13.2 Å². The lowest BCUT2D eigenvalue weighted by molar-refractivity contribution is 0.142. The Hall–Kier alpha value is -1.06. The van der Waals surface area contributed by atoms with Crippen LogP contribution in [0.25, 0.3) is 11.0 Å². The second-order valence-corrected chi connectivity index (χ2v) is 4.06. The summed E-state index contributed by atoms with van der Waals surface area (Å²) >= 11 is 5.97. The molecular formula is C12H15ClN2O. The third-order valence-electron chi connectivity index (χ3n) is 2.47. The molecule has 1 aromatic heterocycles. The van der Waals surface area contributed by atoms with Gasteiger partial charge >= 0.3 is 0 Å². The van der Waals surface area contributed by atoms with E-state index >= 15 is 0 Å². The Balaban J connectivity index is 2.09. The molecule has 4 heteroatoms. The van der Waals surface area contributed by atoms with Crippen molar-refractivity contribution in [1.29, 1.82) is 0 Å². The zero-order chi connectivity index (χ0) is 11.4. The molecule has 0 N–H and O–H groups in total. The summed E-state index contributed by atoms with van der Waals surface area (Å²) in [6.07, 6.45) is 2.85. The zero-order valence-corrected chi connectivity index (χ0v) is 10.1. The van der Waals surface area contributed by atoms with Gasteiger partial charge in [-0.2, -0.15) is 0 Å². The van der Waals surface area contributed by atoms with Crippen molar-refractivity contribution in [3.8, 4) is 0 Å². The first-order chi connectivity index (χ1) is 7.81. The fourth-order valence-electron chi connectivity index (χ4n) is 1.69. The molecule has 0 bridgehead atoms. The monoisotopic (exact) mass is 238 g/mol. The summed E-state index contributed by atoms with van der Waals surface area (Å²) in [5, 5.41) is 0.749. The van der Waals surface area contributed by atoms with Crippen LogP contribution in [-0.2, 0) is 11.3 Å². The average Bonchev–Trinajstić information content (AvgIpc) is 2.67. The van der Waals surface area contributed by atoms with Gasteiger partial charge in [-0.15, -0.1) is 0 Å². The first kappa shape index (κ1) is 11.4. The Bertz CT molecular complexity index is 467. The molecule has 0 spiro atoms. The lowest BCUT2D eigenvalue weighted by atomic mass is 10.3. The van der Waals surface area contributed by atoms with E-state index in [1.54, 1.807) is 0 Å². The summed E-state index contributed by atoms with van der Waals surface area (Å²) < 4.78 is 7.42. The largest absolute Gasteiger partial charge is 0.382 e. The molecule has 0 radical (unpaired) electrons. The van der Waals surface area contributed by atoms with Gasteiger partial charge in [-0.3, -0.25) is 0 Å². The number of aromatic nitrogens is 2. The van der Waals surface area contributed by atoms with Crippen LogP contribution in [0.5, 0.6) is 0 Å². The van der Waals surface area contributed by atoms with E-state index in [0.717, 1.165) is 42.2 Å². The van der Waals surface area contributed by atoms with Crippen molar-refractivity contribution in [3.63, 3.8) is 0 Å². The van der Waals surface area contributed by atoms with Crippen LogP contribution in [-0.4, -0.2) is 22.8 Å². The highest BCUT2D eigenvalue weighted by atomic mass is 35.5. The summed E-state index contributed by atoms with van der Waals surface area (Å²) in [5.74, 6) is 0. The summed E-state index contributed by atoms with van der Waals surface area (Å²) in [4.78, 5) is 4.32. The Kier molecular flexibility index (Phi) is 3.80. The van der Waals surface area contributed by atoms with E-state index in [4.69, 9.17) is 16.3 Å². The second-order valence-electron chi connectivity index (χ2n) is 3.62. The lowest BCUT2D eigenvalue weighted by Gasteiger charge is -2.04. The molecule has 0 aliphatic carbocycles. The summed E-state index contributed by atoms with van der Waals surface area (Å²) in [6, 6.07) is 5.75. The van der Waals surface area contributed by atoms with Crippen molar-refractivity contribution in [3.05, 3.63) is 29.5 Å². The van der Waals surface area contributed by atoms with Gasteiger partial charge in [0.2, 0.25) is 0 Å². The highest BCUT2D eigenvalue weighted by Crippen LogP contribution is 2.18. The van der Waals surface area contributed by atoms with E-state index < -0.39 is 0 Å². The van der Waals surface area contributed by atoms with Crippen LogP contribution in [0.3, 0.4) is 0 Å². The molecule has 0 saturated carbocycles. The van der Waals surface area contributed by atoms with E-state index in [-0.39, 0.29) is 0 Å². The number of hydrogen-bond acceptors (Lipinski definition) is 2. The van der Waals surface area contributed by atoms with Gasteiger partial charge in [0.1, 0.15) is 0 Å². The SMILES string of the molecule is CCOCCCn1cnc2ccc(Cl)cc21. The number of aryl methyl sites for hydroxylation is 1. The molecule has 16 heavy (non-hydrogen) atoms. The number of halogens is 1. The third-order valence-corrected chi connectivity index (χ3v) is 2.71. The average molecular weight is 239 g/mol. The second kappa shape index (κ2) is 5.32. The van der Waals surface area contributed by atoms with Crippen molar-refractivity contribution in [2.45, 2.75) is 19.9 Å². The molecule has 0 aliphatic rings. The van der Waals surface area contributed by atoms with Crippen LogP contribution in [0.1, 0.15) is 13.3 Å². The van der Waals surface area contributed by atoms with Gasteiger partial charge in [-0.1, -0.05) is 11.6 Å². The Morgan fingerprint density at radius 2 is 2.31 bits per heavy atom. The molecule has 2 aromatic rings. The van der Waals surface area contributed by atoms with Gasteiger partial charge in [-0.25, -0.2) is 4.98 Å². The van der Waals surface area contributed by atoms with Crippen LogP contribution < -0.4 is 0 Å². The van der Waals surface area contributed by atoms with Gasteiger partial charge in [0.25, 0.3) is 0 Å². The van der Waals surface area contributed by atoms with Crippen LogP contribution in [0.4, 0.5) is 0 Å². The van der Waals surface area contributed by atoms with Crippen LogP contribution in [0.15, 0.2) is 24.5 Å². The minimum Gasteiger partial charge on any atom is -0.382 e. The fourth-order valence-corrected chi connectivity index (χ4v) is 1.86. The summed E-state index contributed by atoms with van der Waals surface area (Å²) in [6.45, 7) is 4.48. The molecule has 0 atom stereocenters. The molecule has 86 valence electrons. The normalized spacial score (nSPS) is 11.1. The van der Waals surface area contributed by atoms with E-state index in [1.807, 2.05) is 31.5 Å². The Morgan fingerprint density at radius 3 is 3.12 bits per heavy atom. The Morgan fingerprint density at radius 1 is 1.44 bits per heavy atom. The van der Waals surface area contributed by atoms with E-state index in [0.29, 0.717) is 0 Å². The molecule has 0 amide bonds. The number of benzene rings is 1. The van der Waals surface area contributed by atoms with Gasteiger partial charge in [0.05, 0.1) is 17.4 Å². The molecule has 2 rings (SSSR count). The molecule has 3 nitrogen and oxygen atoms in total. The fraction of sp³-hybridized carbons (Fsp3) is 0.417. The van der Waals surface area contributed by atoms with Gasteiger partial charge in [0, 0.05) is 24.8 Å². The molecule has 0 saturated heterocycles. The van der Waals surface area contributed by atoms with Crippen molar-refractivity contribution >= 4 is 22.6 Å². The van der Waals surface area contributed by atoms with Crippen molar-refractivity contribution in [1.82, 2.24) is 9.55 Å². The summed E-state index contributed by atoms with van der Waals surface area (Å²) in [7, 11) is 0. The number of imidazole rings is 1.